The molecule has 0 spiro atoms. The molecule has 0 aromatic heterocycles. The second-order valence-electron chi connectivity index (χ2n) is 2.59. The van der Waals surface area contributed by atoms with Gasteiger partial charge in [-0.2, -0.15) is 0 Å². The Morgan fingerprint density at radius 2 is 1.54 bits per heavy atom. The van der Waals surface area contributed by atoms with Crippen molar-refractivity contribution in [3.63, 3.8) is 0 Å². The van der Waals surface area contributed by atoms with E-state index < -0.39 is 41.7 Å². The van der Waals surface area contributed by atoms with Crippen molar-refractivity contribution in [2.24, 2.45) is 0 Å². The molecule has 13 heavy (non-hydrogen) atoms. The Hall–Kier alpha value is -0.630. The highest BCUT2D eigenvalue weighted by Gasteiger charge is 2.50. The van der Waals surface area contributed by atoms with Gasteiger partial charge in [0.2, 0.25) is 0 Å². The summed E-state index contributed by atoms with van der Waals surface area (Å²) in [5, 5.41) is 0. The summed E-state index contributed by atoms with van der Waals surface area (Å²) in [4.78, 5) is 10.9. The molecule has 8 heteroatoms. The molecule has 76 valence electrons. The topological polar surface area (TPSA) is 94.6 Å². The molecule has 0 amide bonds. The maximum absolute atomic E-state index is 11.1. The Labute approximate surface area is 75.7 Å². The third-order valence-electron chi connectivity index (χ3n) is 1.70. The quantitative estimate of drug-likeness (QED) is 0.498. The van der Waals surface area contributed by atoms with Gasteiger partial charge in [-0.1, -0.05) is 0 Å². The fourth-order valence-electron chi connectivity index (χ4n) is 1.06. The van der Waals surface area contributed by atoms with E-state index in [4.69, 9.17) is 0 Å². The normalized spacial score (nSPS) is 25.6. The van der Waals surface area contributed by atoms with E-state index >= 15 is 0 Å². The molecule has 0 aromatic carbocycles. The van der Waals surface area contributed by atoms with Gasteiger partial charge in [-0.05, 0) is 0 Å². The van der Waals surface area contributed by atoms with Gasteiger partial charge in [-0.3, -0.25) is 0 Å². The minimum atomic E-state index is -3.87. The highest BCUT2D eigenvalue weighted by molar-refractivity contribution is 8.13. The fraction of sp³-hybridized carbons (Fsp3) is 0.800. The van der Waals surface area contributed by atoms with Gasteiger partial charge in [0.1, 0.15) is 0 Å². The number of hydrogen-bond acceptors (Lipinski definition) is 6. The first kappa shape index (κ1) is 10.5. The third kappa shape index (κ3) is 1.68. The van der Waals surface area contributed by atoms with E-state index in [0.29, 0.717) is 0 Å². The first-order chi connectivity index (χ1) is 5.81. The Balaban J connectivity index is 3.25. The number of carbonyl (C=O) groups excluding carboxylic acids is 1. The van der Waals surface area contributed by atoms with Crippen molar-refractivity contribution in [3.8, 4) is 0 Å². The van der Waals surface area contributed by atoms with Crippen molar-refractivity contribution in [1.82, 2.24) is 0 Å². The van der Waals surface area contributed by atoms with E-state index in [0.717, 1.165) is 7.11 Å². The number of hydrogen-bond donors (Lipinski definition) is 0. The van der Waals surface area contributed by atoms with Crippen LogP contribution >= 0.6 is 0 Å². The van der Waals surface area contributed by atoms with E-state index in [2.05, 4.69) is 4.74 Å². The summed E-state index contributed by atoms with van der Waals surface area (Å²) in [6, 6.07) is 0. The van der Waals surface area contributed by atoms with Gasteiger partial charge >= 0.3 is 5.97 Å². The summed E-state index contributed by atoms with van der Waals surface area (Å²) in [7, 11) is -6.79. The molecule has 1 aliphatic heterocycles. The van der Waals surface area contributed by atoms with Gasteiger partial charge in [-0.25, -0.2) is 21.6 Å². The number of ether oxygens (including phenoxy) is 1. The summed E-state index contributed by atoms with van der Waals surface area (Å²) in [5.41, 5.74) is 0. The third-order valence-corrected chi connectivity index (χ3v) is 6.95. The lowest BCUT2D eigenvalue weighted by Gasteiger charge is -2.05. The van der Waals surface area contributed by atoms with Crippen LogP contribution in [0.25, 0.3) is 0 Å². The van der Waals surface area contributed by atoms with Crippen LogP contribution in [0.5, 0.6) is 0 Å². The molecule has 0 unspecified atom stereocenters. The molecular formula is C5H8O6S2. The summed E-state index contributed by atoms with van der Waals surface area (Å²) < 4.78 is 46.5. The number of esters is 1. The van der Waals surface area contributed by atoms with Crippen molar-refractivity contribution >= 4 is 25.6 Å². The van der Waals surface area contributed by atoms with Gasteiger partial charge in [0, 0.05) is 0 Å². The highest BCUT2D eigenvalue weighted by Crippen LogP contribution is 2.21. The van der Waals surface area contributed by atoms with Crippen LogP contribution in [0.2, 0.25) is 0 Å². The van der Waals surface area contributed by atoms with Crippen LogP contribution in [0.1, 0.15) is 0 Å². The van der Waals surface area contributed by atoms with Crippen LogP contribution in [0.3, 0.4) is 0 Å². The maximum Gasteiger partial charge on any atom is 0.339 e. The molecule has 1 saturated heterocycles. The lowest BCUT2D eigenvalue weighted by Crippen LogP contribution is -2.33. The predicted molar refractivity (Wildman–Crippen MR) is 43.4 cm³/mol. The molecule has 1 fully saturated rings. The molecule has 1 heterocycles. The molecule has 1 aliphatic rings. The van der Waals surface area contributed by atoms with Crippen LogP contribution < -0.4 is 0 Å². The van der Waals surface area contributed by atoms with Crippen LogP contribution in [-0.2, 0) is 29.2 Å². The lowest BCUT2D eigenvalue weighted by molar-refractivity contribution is -0.138. The van der Waals surface area contributed by atoms with Crippen molar-refractivity contribution in [2.75, 3.05) is 18.6 Å². The molecule has 0 saturated carbocycles. The lowest BCUT2D eigenvalue weighted by atomic mass is 10.8. The van der Waals surface area contributed by atoms with Crippen molar-refractivity contribution < 1.29 is 26.4 Å². The monoisotopic (exact) mass is 228 g/mol. The molecule has 0 atom stereocenters. The van der Waals surface area contributed by atoms with Gasteiger partial charge in [0.05, 0.1) is 18.6 Å². The first-order valence-corrected chi connectivity index (χ1v) is 6.75. The second-order valence-corrected chi connectivity index (χ2v) is 7.30. The van der Waals surface area contributed by atoms with Crippen molar-refractivity contribution in [3.05, 3.63) is 0 Å². The van der Waals surface area contributed by atoms with E-state index in [-0.39, 0.29) is 0 Å². The van der Waals surface area contributed by atoms with E-state index in [1.807, 2.05) is 0 Å². The van der Waals surface area contributed by atoms with Crippen LogP contribution in [-0.4, -0.2) is 46.0 Å². The fourth-order valence-corrected chi connectivity index (χ4v) is 6.49. The molecule has 0 aliphatic carbocycles. The van der Waals surface area contributed by atoms with Crippen molar-refractivity contribution in [2.45, 2.75) is 4.58 Å². The molecule has 6 nitrogen and oxygen atoms in total. The zero-order valence-electron chi connectivity index (χ0n) is 6.76. The zero-order chi connectivity index (χ0) is 10.3. The standard InChI is InChI=1S/C5H8O6S2/c1-11-4(6)5-12(7,8)2-3-13(5,9)10/h5H,2-3H2,1H3. The Morgan fingerprint density at radius 3 is 1.85 bits per heavy atom. The minimum Gasteiger partial charge on any atom is -0.467 e. The SMILES string of the molecule is COC(=O)C1S(=O)(=O)CCS1(=O)=O. The van der Waals surface area contributed by atoms with Crippen LogP contribution in [0.15, 0.2) is 0 Å². The van der Waals surface area contributed by atoms with Crippen LogP contribution in [0.4, 0.5) is 0 Å². The molecule has 0 aromatic rings. The molecular weight excluding hydrogens is 220 g/mol. The van der Waals surface area contributed by atoms with E-state index in [1.54, 1.807) is 0 Å². The minimum absolute atomic E-state index is 0.505. The predicted octanol–water partition coefficient (Wildman–Crippen LogP) is -1.67. The largest absolute Gasteiger partial charge is 0.467 e. The average molecular weight is 228 g/mol. The average Bonchev–Trinajstić information content (AvgIpc) is 2.20. The van der Waals surface area contributed by atoms with Gasteiger partial charge in [-0.15, -0.1) is 0 Å². The molecule has 0 radical (unpaired) electrons. The maximum atomic E-state index is 11.1. The summed E-state index contributed by atoms with van der Waals surface area (Å²) >= 11 is 0. The van der Waals surface area contributed by atoms with Crippen molar-refractivity contribution in [1.29, 1.82) is 0 Å². The Kier molecular flexibility index (Phi) is 2.37. The number of methoxy groups -OCH3 is 1. The van der Waals surface area contributed by atoms with E-state index in [1.165, 1.54) is 0 Å². The van der Waals surface area contributed by atoms with Gasteiger partial charge in [0.25, 0.3) is 4.58 Å². The van der Waals surface area contributed by atoms with Crippen LogP contribution in [0, 0.1) is 0 Å². The van der Waals surface area contributed by atoms with E-state index in [9.17, 15) is 21.6 Å². The summed E-state index contributed by atoms with van der Waals surface area (Å²) in [6.45, 7) is 0. The number of rotatable bonds is 1. The smallest absolute Gasteiger partial charge is 0.339 e. The second kappa shape index (κ2) is 2.95. The zero-order valence-corrected chi connectivity index (χ0v) is 8.39. The molecule has 0 bridgehead atoms. The Bertz CT molecular complexity index is 382. The van der Waals surface area contributed by atoms with Gasteiger partial charge in [0.15, 0.2) is 19.7 Å². The Morgan fingerprint density at radius 1 is 1.15 bits per heavy atom. The summed E-state index contributed by atoms with van der Waals surface area (Å²) in [6.07, 6.45) is 0. The number of carbonyl (C=O) groups is 1. The highest BCUT2D eigenvalue weighted by atomic mass is 32.3. The molecule has 0 N–H and O–H groups in total. The molecule has 1 rings (SSSR count). The first-order valence-electron chi connectivity index (χ1n) is 3.32. The van der Waals surface area contributed by atoms with Gasteiger partial charge < -0.3 is 4.74 Å². The number of sulfone groups is 2. The summed E-state index contributed by atoms with van der Waals surface area (Å²) in [5.74, 6) is -2.23.